The molecule has 0 aromatic heterocycles. The Hall–Kier alpha value is -0.850. The zero-order valence-corrected chi connectivity index (χ0v) is 7.65. The van der Waals surface area contributed by atoms with E-state index in [1.807, 2.05) is 0 Å². The van der Waals surface area contributed by atoms with Crippen LogP contribution in [0.5, 0.6) is 0 Å². The molecule has 0 heterocycles. The lowest BCUT2D eigenvalue weighted by atomic mass is 9.73. The number of Topliss-reactive ketones (excluding diaryl/α,β-unsaturated/α-hetero) is 1. The van der Waals surface area contributed by atoms with Gasteiger partial charge in [0, 0.05) is 12.3 Å². The van der Waals surface area contributed by atoms with E-state index >= 15 is 0 Å². The fourth-order valence-electron chi connectivity index (χ4n) is 3.18. The summed E-state index contributed by atoms with van der Waals surface area (Å²) in [6, 6.07) is 0. The smallest absolute Gasteiger partial charge is 0.140 e. The number of carbonyl (C=O) groups excluding carboxylic acids is 1. The molecule has 2 bridgehead atoms. The topological polar surface area (TPSA) is 17.1 Å². The molecule has 4 aliphatic rings. The van der Waals surface area contributed by atoms with E-state index in [1.165, 1.54) is 6.42 Å². The Labute approximate surface area is 78.5 Å². The van der Waals surface area contributed by atoms with Crippen LogP contribution in [0.25, 0.3) is 0 Å². The van der Waals surface area contributed by atoms with E-state index in [4.69, 9.17) is 0 Å². The van der Waals surface area contributed by atoms with Gasteiger partial charge in [0.15, 0.2) is 0 Å². The summed E-state index contributed by atoms with van der Waals surface area (Å²) in [5, 5.41) is 0. The van der Waals surface area contributed by atoms with Crippen molar-refractivity contribution < 1.29 is 4.79 Å². The van der Waals surface area contributed by atoms with Gasteiger partial charge in [0.25, 0.3) is 0 Å². The van der Waals surface area contributed by atoms with Gasteiger partial charge in [0.1, 0.15) is 5.78 Å². The van der Waals surface area contributed by atoms with Crippen LogP contribution in [0, 0.1) is 23.7 Å². The Balaban J connectivity index is 2.04. The average molecular weight is 174 g/mol. The minimum absolute atomic E-state index is 0.225. The Morgan fingerprint density at radius 2 is 2.15 bits per heavy atom. The van der Waals surface area contributed by atoms with Crippen LogP contribution in [-0.2, 0) is 4.79 Å². The van der Waals surface area contributed by atoms with Gasteiger partial charge < -0.3 is 0 Å². The lowest BCUT2D eigenvalue weighted by Gasteiger charge is -2.30. The van der Waals surface area contributed by atoms with Gasteiger partial charge in [-0.3, -0.25) is 4.79 Å². The lowest BCUT2D eigenvalue weighted by molar-refractivity contribution is -0.122. The number of hydrogen-bond acceptors (Lipinski definition) is 1. The summed E-state index contributed by atoms with van der Waals surface area (Å²) < 4.78 is 0. The summed E-state index contributed by atoms with van der Waals surface area (Å²) in [5.41, 5.74) is 0. The van der Waals surface area contributed by atoms with Gasteiger partial charge in [-0.05, 0) is 30.6 Å². The number of rotatable bonds is 0. The second-order valence-corrected chi connectivity index (χ2v) is 4.48. The van der Waals surface area contributed by atoms with Gasteiger partial charge in [-0.2, -0.15) is 0 Å². The Morgan fingerprint density at radius 1 is 1.23 bits per heavy atom. The predicted molar refractivity (Wildman–Crippen MR) is 51.1 cm³/mol. The van der Waals surface area contributed by atoms with Crippen LogP contribution in [-0.4, -0.2) is 5.78 Å². The monoisotopic (exact) mass is 174 g/mol. The SMILES string of the molecule is O=C1CCC2C=CC1C1C=CCC21. The minimum atomic E-state index is 0.225. The molecule has 0 saturated heterocycles. The first-order valence-corrected chi connectivity index (χ1v) is 5.24. The molecular formula is C12H14O. The molecular weight excluding hydrogens is 160 g/mol. The Morgan fingerprint density at radius 3 is 3.08 bits per heavy atom. The molecule has 4 aliphatic carbocycles. The van der Waals surface area contributed by atoms with E-state index in [9.17, 15) is 4.79 Å². The van der Waals surface area contributed by atoms with Gasteiger partial charge in [-0.25, -0.2) is 0 Å². The summed E-state index contributed by atoms with van der Waals surface area (Å²) >= 11 is 0. The normalized spacial score (nSPS) is 46.6. The molecule has 0 N–H and O–H groups in total. The number of fused-ring (bicyclic) bond motifs is 2. The van der Waals surface area contributed by atoms with E-state index < -0.39 is 0 Å². The highest BCUT2D eigenvalue weighted by molar-refractivity contribution is 5.84. The van der Waals surface area contributed by atoms with Crippen LogP contribution in [0.15, 0.2) is 24.3 Å². The highest BCUT2D eigenvalue weighted by Crippen LogP contribution is 2.46. The summed E-state index contributed by atoms with van der Waals surface area (Å²) in [6.45, 7) is 0. The predicted octanol–water partition coefficient (Wildman–Crippen LogP) is 2.34. The van der Waals surface area contributed by atoms with E-state index in [2.05, 4.69) is 24.3 Å². The fraction of sp³-hybridized carbons (Fsp3) is 0.583. The molecule has 0 amide bonds. The average Bonchev–Trinajstić information content (AvgIpc) is 2.52. The molecule has 13 heavy (non-hydrogen) atoms. The first kappa shape index (κ1) is 7.54. The van der Waals surface area contributed by atoms with Crippen molar-refractivity contribution in [1.82, 2.24) is 0 Å². The number of hydrogen-bond donors (Lipinski definition) is 0. The van der Waals surface area contributed by atoms with Crippen LogP contribution < -0.4 is 0 Å². The molecule has 0 radical (unpaired) electrons. The molecule has 4 atom stereocenters. The second-order valence-electron chi connectivity index (χ2n) is 4.48. The fourth-order valence-corrected chi connectivity index (χ4v) is 3.18. The zero-order valence-electron chi connectivity index (χ0n) is 7.65. The summed E-state index contributed by atoms with van der Waals surface area (Å²) in [6.07, 6.45) is 12.1. The standard InChI is InChI=1S/C12H14O/c13-12-7-5-8-4-6-11(12)10-3-1-2-9(8)10/h1,3-4,6,8-11H,2,5,7H2. The van der Waals surface area contributed by atoms with E-state index in [0.29, 0.717) is 17.6 Å². The first-order chi connectivity index (χ1) is 6.36. The van der Waals surface area contributed by atoms with Crippen LogP contribution in [0.3, 0.4) is 0 Å². The molecule has 1 fully saturated rings. The third kappa shape index (κ3) is 0.962. The third-order valence-corrected chi connectivity index (χ3v) is 3.89. The summed E-state index contributed by atoms with van der Waals surface area (Å²) in [4.78, 5) is 11.7. The molecule has 1 heteroatoms. The van der Waals surface area contributed by atoms with Crippen molar-refractivity contribution in [2.45, 2.75) is 19.3 Å². The van der Waals surface area contributed by atoms with Crippen molar-refractivity contribution >= 4 is 5.78 Å². The van der Waals surface area contributed by atoms with Crippen molar-refractivity contribution in [2.24, 2.45) is 23.7 Å². The van der Waals surface area contributed by atoms with Crippen molar-refractivity contribution in [3.8, 4) is 0 Å². The Kier molecular flexibility index (Phi) is 1.49. The zero-order chi connectivity index (χ0) is 8.84. The highest BCUT2D eigenvalue weighted by atomic mass is 16.1. The number of carbonyl (C=O) groups is 1. The molecule has 1 saturated carbocycles. The van der Waals surface area contributed by atoms with Gasteiger partial charge in [0.05, 0.1) is 0 Å². The van der Waals surface area contributed by atoms with Crippen molar-refractivity contribution in [1.29, 1.82) is 0 Å². The maximum Gasteiger partial charge on any atom is 0.140 e. The quantitative estimate of drug-likeness (QED) is 0.515. The van der Waals surface area contributed by atoms with Crippen LogP contribution in [0.2, 0.25) is 0 Å². The lowest BCUT2D eigenvalue weighted by Crippen LogP contribution is -2.27. The second kappa shape index (κ2) is 2.57. The van der Waals surface area contributed by atoms with E-state index in [1.54, 1.807) is 0 Å². The molecule has 0 aromatic rings. The van der Waals surface area contributed by atoms with Gasteiger partial charge >= 0.3 is 0 Å². The number of ketones is 1. The number of allylic oxidation sites excluding steroid dienone is 4. The molecule has 0 aliphatic heterocycles. The van der Waals surface area contributed by atoms with E-state index in [-0.39, 0.29) is 5.92 Å². The third-order valence-electron chi connectivity index (χ3n) is 3.89. The van der Waals surface area contributed by atoms with Crippen molar-refractivity contribution in [2.75, 3.05) is 0 Å². The van der Waals surface area contributed by atoms with Crippen molar-refractivity contribution in [3.05, 3.63) is 24.3 Å². The highest BCUT2D eigenvalue weighted by Gasteiger charge is 2.42. The van der Waals surface area contributed by atoms with Crippen LogP contribution >= 0.6 is 0 Å². The summed E-state index contributed by atoms with van der Waals surface area (Å²) in [5.74, 6) is 2.68. The molecule has 68 valence electrons. The van der Waals surface area contributed by atoms with Gasteiger partial charge in [-0.1, -0.05) is 24.3 Å². The molecule has 1 nitrogen and oxygen atoms in total. The van der Waals surface area contributed by atoms with Crippen LogP contribution in [0.4, 0.5) is 0 Å². The van der Waals surface area contributed by atoms with Crippen molar-refractivity contribution in [3.63, 3.8) is 0 Å². The van der Waals surface area contributed by atoms with E-state index in [0.717, 1.165) is 18.8 Å². The maximum atomic E-state index is 11.7. The summed E-state index contributed by atoms with van der Waals surface area (Å²) in [7, 11) is 0. The maximum absolute atomic E-state index is 11.7. The first-order valence-electron chi connectivity index (χ1n) is 5.24. The van der Waals surface area contributed by atoms with Crippen LogP contribution in [0.1, 0.15) is 19.3 Å². The molecule has 0 spiro atoms. The molecule has 0 aromatic carbocycles. The van der Waals surface area contributed by atoms with Gasteiger partial charge in [0.2, 0.25) is 0 Å². The van der Waals surface area contributed by atoms with Gasteiger partial charge in [-0.15, -0.1) is 0 Å². The largest absolute Gasteiger partial charge is 0.299 e. The Bertz CT molecular complexity index is 300. The molecule has 4 rings (SSSR count). The molecule has 4 unspecified atom stereocenters. The minimum Gasteiger partial charge on any atom is -0.299 e.